The number of rotatable bonds is 2. The molecule has 5 heteroatoms. The van der Waals surface area contributed by atoms with Gasteiger partial charge >= 0.3 is 0 Å². The van der Waals surface area contributed by atoms with Crippen LogP contribution in [0.15, 0.2) is 24.4 Å². The molecule has 98 valence electrons. The highest BCUT2D eigenvalue weighted by molar-refractivity contribution is 6.00. The maximum Gasteiger partial charge on any atom is 0.129 e. The third-order valence-electron chi connectivity index (χ3n) is 3.70. The van der Waals surface area contributed by atoms with Crippen LogP contribution < -0.4 is 0 Å². The summed E-state index contributed by atoms with van der Waals surface area (Å²) in [6.07, 6.45) is 1.83. The molecule has 19 heavy (non-hydrogen) atoms. The van der Waals surface area contributed by atoms with Gasteiger partial charge in [-0.3, -0.25) is 10.1 Å². The Morgan fingerprint density at radius 3 is 2.89 bits per heavy atom. The first-order valence-corrected chi connectivity index (χ1v) is 6.16. The summed E-state index contributed by atoms with van der Waals surface area (Å²) >= 11 is 0. The van der Waals surface area contributed by atoms with Crippen LogP contribution in [0, 0.1) is 18.2 Å². The highest BCUT2D eigenvalue weighted by Crippen LogP contribution is 2.25. The van der Waals surface area contributed by atoms with Gasteiger partial charge in [-0.25, -0.2) is 4.39 Å². The summed E-state index contributed by atoms with van der Waals surface area (Å²) < 4.78 is 15.0. The van der Waals surface area contributed by atoms with Gasteiger partial charge < -0.3 is 4.90 Å². The van der Waals surface area contributed by atoms with Crippen molar-refractivity contribution < 1.29 is 4.39 Å². The lowest BCUT2D eigenvalue weighted by atomic mass is 10.1. The molecule has 0 bridgehead atoms. The van der Waals surface area contributed by atoms with Gasteiger partial charge in [-0.2, -0.15) is 5.10 Å². The van der Waals surface area contributed by atoms with Gasteiger partial charge in [0.15, 0.2) is 0 Å². The topological polar surface area (TPSA) is 44.9 Å². The van der Waals surface area contributed by atoms with Gasteiger partial charge in [0.1, 0.15) is 11.7 Å². The molecule has 1 aliphatic rings. The number of halogens is 1. The number of aromatic nitrogens is 2. The summed E-state index contributed by atoms with van der Waals surface area (Å²) in [5.74, 6) is 0.0978. The summed E-state index contributed by atoms with van der Waals surface area (Å²) in [5, 5.41) is 12.3. The van der Waals surface area contributed by atoms with Crippen LogP contribution in [0.25, 0.3) is 0 Å². The third-order valence-corrected chi connectivity index (χ3v) is 3.70. The van der Waals surface area contributed by atoms with Crippen molar-refractivity contribution in [3.05, 3.63) is 52.6 Å². The van der Waals surface area contributed by atoms with Crippen LogP contribution in [-0.2, 0) is 20.1 Å². The maximum absolute atomic E-state index is 13.2. The Kier molecular flexibility index (Phi) is 2.62. The highest BCUT2D eigenvalue weighted by Gasteiger charge is 2.25. The molecule has 0 atom stereocenters. The fourth-order valence-electron chi connectivity index (χ4n) is 2.40. The van der Waals surface area contributed by atoms with E-state index in [0.29, 0.717) is 24.5 Å². The first kappa shape index (κ1) is 11.9. The van der Waals surface area contributed by atoms with Crippen LogP contribution >= 0.6 is 0 Å². The second kappa shape index (κ2) is 4.19. The zero-order valence-corrected chi connectivity index (χ0v) is 10.9. The molecule has 0 aliphatic carbocycles. The van der Waals surface area contributed by atoms with E-state index in [1.165, 1.54) is 12.1 Å². The van der Waals surface area contributed by atoms with Crippen molar-refractivity contribution in [2.24, 2.45) is 7.05 Å². The third kappa shape index (κ3) is 1.91. The van der Waals surface area contributed by atoms with Crippen LogP contribution in [0.4, 0.5) is 4.39 Å². The second-order valence-corrected chi connectivity index (χ2v) is 4.88. The molecule has 0 radical (unpaired) electrons. The van der Waals surface area contributed by atoms with Crippen molar-refractivity contribution in [3.63, 3.8) is 0 Å². The fourth-order valence-corrected chi connectivity index (χ4v) is 2.40. The van der Waals surface area contributed by atoms with Crippen LogP contribution in [0.2, 0.25) is 0 Å². The van der Waals surface area contributed by atoms with Crippen molar-refractivity contribution in [1.82, 2.24) is 14.7 Å². The maximum atomic E-state index is 13.2. The Balaban J connectivity index is 1.86. The SMILES string of the molecule is Cc1c(CN2Cc3ccc(F)cc3C2=N)cnn1C. The molecule has 3 rings (SSSR count). The van der Waals surface area contributed by atoms with Gasteiger partial charge in [0.05, 0.1) is 6.20 Å². The zero-order chi connectivity index (χ0) is 13.6. The zero-order valence-electron chi connectivity index (χ0n) is 10.9. The van der Waals surface area contributed by atoms with Crippen molar-refractivity contribution in [2.45, 2.75) is 20.0 Å². The number of hydrogen-bond acceptors (Lipinski definition) is 2. The molecular weight excluding hydrogens is 243 g/mol. The van der Waals surface area contributed by atoms with E-state index < -0.39 is 0 Å². The number of nitrogens with one attached hydrogen (secondary N) is 1. The predicted molar refractivity (Wildman–Crippen MR) is 70.4 cm³/mol. The Morgan fingerprint density at radius 1 is 1.42 bits per heavy atom. The van der Waals surface area contributed by atoms with Crippen LogP contribution in [-0.4, -0.2) is 20.5 Å². The molecular formula is C14H15FN4. The molecule has 0 saturated heterocycles. The largest absolute Gasteiger partial charge is 0.348 e. The van der Waals surface area contributed by atoms with Crippen LogP contribution in [0.5, 0.6) is 0 Å². The molecule has 4 nitrogen and oxygen atoms in total. The summed E-state index contributed by atoms with van der Waals surface area (Å²) in [4.78, 5) is 1.94. The van der Waals surface area contributed by atoms with E-state index in [9.17, 15) is 4.39 Å². The van der Waals surface area contributed by atoms with Crippen molar-refractivity contribution in [3.8, 4) is 0 Å². The highest BCUT2D eigenvalue weighted by atomic mass is 19.1. The summed E-state index contributed by atoms with van der Waals surface area (Å²) in [6, 6.07) is 4.65. The number of hydrogen-bond donors (Lipinski definition) is 1. The minimum Gasteiger partial charge on any atom is -0.348 e. The lowest BCUT2D eigenvalue weighted by Gasteiger charge is -2.17. The van der Waals surface area contributed by atoms with Gasteiger partial charge in [0, 0.05) is 37.0 Å². The number of benzene rings is 1. The first-order chi connectivity index (χ1) is 9.06. The van der Waals surface area contributed by atoms with Crippen molar-refractivity contribution in [1.29, 1.82) is 5.41 Å². The number of nitrogens with zero attached hydrogens (tertiary/aromatic N) is 3. The van der Waals surface area contributed by atoms with Crippen molar-refractivity contribution >= 4 is 5.84 Å². The lowest BCUT2D eigenvalue weighted by molar-refractivity contribution is 0.421. The standard InChI is InChI=1S/C14H15FN4/c1-9-11(6-17-18(9)2)8-19-7-10-3-4-12(15)5-13(10)14(19)16/h3-6,16H,7-8H2,1-2H3. The Labute approximate surface area is 111 Å². The molecule has 1 aromatic carbocycles. The Morgan fingerprint density at radius 2 is 2.21 bits per heavy atom. The normalized spacial score (nSPS) is 14.1. The van der Waals surface area contributed by atoms with Gasteiger partial charge in [0.25, 0.3) is 0 Å². The molecule has 0 saturated carbocycles. The monoisotopic (exact) mass is 258 g/mol. The summed E-state index contributed by atoms with van der Waals surface area (Å²) in [7, 11) is 1.90. The van der Waals surface area contributed by atoms with E-state index in [1.807, 2.05) is 29.7 Å². The average Bonchev–Trinajstić information content (AvgIpc) is 2.86. The van der Waals surface area contributed by atoms with Crippen molar-refractivity contribution in [2.75, 3.05) is 0 Å². The molecule has 0 unspecified atom stereocenters. The van der Waals surface area contributed by atoms with E-state index in [4.69, 9.17) is 5.41 Å². The van der Waals surface area contributed by atoms with Crippen LogP contribution in [0.3, 0.4) is 0 Å². The molecule has 1 N–H and O–H groups in total. The van der Waals surface area contributed by atoms with Crippen LogP contribution in [0.1, 0.15) is 22.4 Å². The Bertz CT molecular complexity index is 659. The van der Waals surface area contributed by atoms with Gasteiger partial charge in [-0.15, -0.1) is 0 Å². The molecule has 2 aromatic rings. The molecule has 0 fully saturated rings. The number of fused-ring (bicyclic) bond motifs is 1. The van der Waals surface area contributed by atoms with E-state index in [2.05, 4.69) is 5.10 Å². The van der Waals surface area contributed by atoms with Gasteiger partial charge in [0.2, 0.25) is 0 Å². The van der Waals surface area contributed by atoms with E-state index in [-0.39, 0.29) is 5.82 Å². The van der Waals surface area contributed by atoms with E-state index in [0.717, 1.165) is 16.8 Å². The molecule has 0 amide bonds. The van der Waals surface area contributed by atoms with E-state index in [1.54, 1.807) is 6.07 Å². The van der Waals surface area contributed by atoms with Gasteiger partial charge in [-0.1, -0.05) is 6.07 Å². The second-order valence-electron chi connectivity index (χ2n) is 4.88. The fraction of sp³-hybridized carbons (Fsp3) is 0.286. The Hall–Kier alpha value is -2.17. The minimum atomic E-state index is -0.289. The first-order valence-electron chi connectivity index (χ1n) is 6.16. The molecule has 1 aromatic heterocycles. The summed E-state index contributed by atoms with van der Waals surface area (Å²) in [6.45, 7) is 3.30. The number of amidine groups is 1. The molecule has 1 aliphatic heterocycles. The number of aryl methyl sites for hydroxylation is 1. The molecule has 2 heterocycles. The molecule has 0 spiro atoms. The minimum absolute atomic E-state index is 0.289. The predicted octanol–water partition coefficient (Wildman–Crippen LogP) is 2.21. The average molecular weight is 258 g/mol. The van der Waals surface area contributed by atoms with E-state index >= 15 is 0 Å². The summed E-state index contributed by atoms with van der Waals surface area (Å²) in [5.41, 5.74) is 3.89. The quantitative estimate of drug-likeness (QED) is 0.897. The lowest BCUT2D eigenvalue weighted by Crippen LogP contribution is -2.23. The smallest absolute Gasteiger partial charge is 0.129 e. The van der Waals surface area contributed by atoms with Gasteiger partial charge in [-0.05, 0) is 24.6 Å².